The zero-order valence-corrected chi connectivity index (χ0v) is 12.2. The fourth-order valence-electron chi connectivity index (χ4n) is 1.52. The van der Waals surface area contributed by atoms with Gasteiger partial charge >= 0.3 is 0 Å². The molecule has 0 aromatic heterocycles. The van der Waals surface area contributed by atoms with Crippen molar-refractivity contribution in [3.05, 3.63) is 21.3 Å². The second-order valence-electron chi connectivity index (χ2n) is 3.71. The summed E-state index contributed by atoms with van der Waals surface area (Å²) in [7, 11) is -3.13. The van der Waals surface area contributed by atoms with Crippen LogP contribution in [-0.2, 0) is 16.4 Å². The fraction of sp³-hybridized carbons (Fsp3) is 0.400. The molecule has 1 aromatic carbocycles. The van der Waals surface area contributed by atoms with Crippen LogP contribution in [0.2, 0.25) is 0 Å². The molecule has 2 rings (SSSR count). The Labute approximate surface area is 114 Å². The van der Waals surface area contributed by atoms with E-state index in [-0.39, 0.29) is 6.79 Å². The summed E-state index contributed by atoms with van der Waals surface area (Å²) < 4.78 is 35.9. The predicted octanol–water partition coefficient (Wildman–Crippen LogP) is 1.11. The summed E-state index contributed by atoms with van der Waals surface area (Å²) in [6, 6.07) is 3.80. The van der Waals surface area contributed by atoms with Crippen molar-refractivity contribution >= 4 is 32.6 Å². The second-order valence-corrected chi connectivity index (χ2v) is 6.71. The van der Waals surface area contributed by atoms with Gasteiger partial charge in [-0.05, 0) is 46.7 Å². The first kappa shape index (κ1) is 12.9. The number of hydrogen-bond donors (Lipinski definition) is 1. The summed E-state index contributed by atoms with van der Waals surface area (Å²) in [6.45, 7) is 0.630. The normalized spacial score (nSPS) is 14.0. The lowest BCUT2D eigenvalue weighted by Crippen LogP contribution is -2.24. The summed E-state index contributed by atoms with van der Waals surface area (Å²) in [5.41, 5.74) is 1.05. The molecule has 0 aliphatic carbocycles. The summed E-state index contributed by atoms with van der Waals surface area (Å²) in [4.78, 5) is 0. The SMILES string of the molecule is CS(=O)(=O)NCCc1cc2c(cc1I)OCO2. The quantitative estimate of drug-likeness (QED) is 0.808. The number of halogens is 1. The first-order valence-corrected chi connectivity index (χ1v) is 7.95. The molecule has 5 nitrogen and oxygen atoms in total. The Morgan fingerprint density at radius 2 is 2.00 bits per heavy atom. The topological polar surface area (TPSA) is 64.6 Å². The van der Waals surface area contributed by atoms with Crippen LogP contribution in [0, 0.1) is 3.57 Å². The average Bonchev–Trinajstić information content (AvgIpc) is 2.63. The van der Waals surface area contributed by atoms with Crippen molar-refractivity contribution in [3.63, 3.8) is 0 Å². The monoisotopic (exact) mass is 369 g/mol. The maximum atomic E-state index is 10.9. The third-order valence-corrected chi connectivity index (χ3v) is 4.03. The van der Waals surface area contributed by atoms with E-state index < -0.39 is 10.0 Å². The number of benzene rings is 1. The molecule has 0 saturated heterocycles. The third-order valence-electron chi connectivity index (χ3n) is 2.30. The number of nitrogens with one attached hydrogen (secondary N) is 1. The molecule has 0 spiro atoms. The van der Waals surface area contributed by atoms with Crippen molar-refractivity contribution < 1.29 is 17.9 Å². The van der Waals surface area contributed by atoms with E-state index in [1.807, 2.05) is 12.1 Å². The van der Waals surface area contributed by atoms with Crippen LogP contribution in [0.5, 0.6) is 11.5 Å². The van der Waals surface area contributed by atoms with E-state index in [9.17, 15) is 8.42 Å². The van der Waals surface area contributed by atoms with Crippen LogP contribution in [0.25, 0.3) is 0 Å². The number of rotatable bonds is 4. The third kappa shape index (κ3) is 3.46. The number of sulfonamides is 1. The van der Waals surface area contributed by atoms with E-state index in [1.165, 1.54) is 0 Å². The Morgan fingerprint density at radius 1 is 1.35 bits per heavy atom. The molecule has 1 aliphatic heterocycles. The van der Waals surface area contributed by atoms with E-state index in [4.69, 9.17) is 9.47 Å². The highest BCUT2D eigenvalue weighted by molar-refractivity contribution is 14.1. The van der Waals surface area contributed by atoms with E-state index in [1.54, 1.807) is 0 Å². The van der Waals surface area contributed by atoms with Crippen LogP contribution in [0.1, 0.15) is 5.56 Å². The summed E-state index contributed by atoms with van der Waals surface area (Å²) >= 11 is 2.20. The Balaban J connectivity index is 2.06. The van der Waals surface area contributed by atoms with Gasteiger partial charge < -0.3 is 9.47 Å². The van der Waals surface area contributed by atoms with Crippen molar-refractivity contribution in [2.45, 2.75) is 6.42 Å². The van der Waals surface area contributed by atoms with Gasteiger partial charge in [-0.25, -0.2) is 13.1 Å². The highest BCUT2D eigenvalue weighted by Crippen LogP contribution is 2.35. The van der Waals surface area contributed by atoms with Crippen LogP contribution in [-0.4, -0.2) is 28.0 Å². The molecule has 1 heterocycles. The van der Waals surface area contributed by atoms with Crippen molar-refractivity contribution in [1.29, 1.82) is 0 Å². The van der Waals surface area contributed by atoms with Gasteiger partial charge in [0, 0.05) is 10.1 Å². The van der Waals surface area contributed by atoms with Crippen molar-refractivity contribution in [1.82, 2.24) is 4.72 Å². The standard InChI is InChI=1S/C10H12INO4S/c1-17(13,14)12-3-2-7-4-9-10(5-8(7)11)16-6-15-9/h4-5,12H,2-3,6H2,1H3. The zero-order chi connectivity index (χ0) is 12.5. The largest absolute Gasteiger partial charge is 0.454 e. The second kappa shape index (κ2) is 4.99. The molecule has 1 aliphatic rings. The van der Waals surface area contributed by atoms with Crippen LogP contribution in [0.3, 0.4) is 0 Å². The van der Waals surface area contributed by atoms with Crippen molar-refractivity contribution in [2.24, 2.45) is 0 Å². The van der Waals surface area contributed by atoms with Crippen LogP contribution in [0.4, 0.5) is 0 Å². The minimum atomic E-state index is -3.13. The molecule has 0 amide bonds. The number of fused-ring (bicyclic) bond motifs is 1. The van der Waals surface area contributed by atoms with E-state index in [0.29, 0.717) is 13.0 Å². The maximum Gasteiger partial charge on any atom is 0.231 e. The van der Waals surface area contributed by atoms with E-state index in [2.05, 4.69) is 27.3 Å². The smallest absolute Gasteiger partial charge is 0.231 e. The molecule has 0 unspecified atom stereocenters. The Bertz CT molecular complexity index is 529. The molecular weight excluding hydrogens is 357 g/mol. The first-order valence-electron chi connectivity index (χ1n) is 4.98. The molecule has 94 valence electrons. The van der Waals surface area contributed by atoms with Gasteiger partial charge in [-0.1, -0.05) is 0 Å². The summed E-state index contributed by atoms with van der Waals surface area (Å²) in [6.07, 6.45) is 1.78. The molecule has 17 heavy (non-hydrogen) atoms. The highest BCUT2D eigenvalue weighted by Gasteiger charge is 2.16. The molecule has 0 fully saturated rings. The number of hydrogen-bond acceptors (Lipinski definition) is 4. The lowest BCUT2D eigenvalue weighted by atomic mass is 10.1. The molecule has 0 atom stereocenters. The van der Waals surface area contributed by atoms with E-state index in [0.717, 1.165) is 26.9 Å². The van der Waals surface area contributed by atoms with Crippen LogP contribution >= 0.6 is 22.6 Å². The van der Waals surface area contributed by atoms with Gasteiger partial charge in [0.2, 0.25) is 16.8 Å². The molecule has 0 saturated carbocycles. The van der Waals surface area contributed by atoms with Gasteiger partial charge in [0.15, 0.2) is 11.5 Å². The van der Waals surface area contributed by atoms with Gasteiger partial charge in [-0.3, -0.25) is 0 Å². The van der Waals surface area contributed by atoms with E-state index >= 15 is 0 Å². The maximum absolute atomic E-state index is 10.9. The minimum absolute atomic E-state index is 0.246. The Hall–Kier alpha value is -0.540. The summed E-state index contributed by atoms with van der Waals surface area (Å²) in [5, 5.41) is 0. The molecular formula is C10H12INO4S. The predicted molar refractivity (Wildman–Crippen MR) is 71.8 cm³/mol. The minimum Gasteiger partial charge on any atom is -0.454 e. The van der Waals surface area contributed by atoms with Gasteiger partial charge in [0.05, 0.1) is 6.26 Å². The van der Waals surface area contributed by atoms with Gasteiger partial charge in [-0.2, -0.15) is 0 Å². The summed E-state index contributed by atoms with van der Waals surface area (Å²) in [5.74, 6) is 1.47. The van der Waals surface area contributed by atoms with Crippen LogP contribution < -0.4 is 14.2 Å². The lowest BCUT2D eigenvalue weighted by molar-refractivity contribution is 0.174. The zero-order valence-electron chi connectivity index (χ0n) is 9.20. The van der Waals surface area contributed by atoms with Gasteiger partial charge in [0.1, 0.15) is 0 Å². The van der Waals surface area contributed by atoms with Crippen LogP contribution in [0.15, 0.2) is 12.1 Å². The molecule has 0 radical (unpaired) electrons. The fourth-order valence-corrected chi connectivity index (χ4v) is 2.70. The average molecular weight is 369 g/mol. The molecule has 1 N–H and O–H groups in total. The molecule has 7 heteroatoms. The first-order chi connectivity index (χ1) is 7.96. The number of ether oxygens (including phenoxy) is 2. The van der Waals surface area contributed by atoms with Crippen molar-refractivity contribution in [3.8, 4) is 11.5 Å². The highest BCUT2D eigenvalue weighted by atomic mass is 127. The Morgan fingerprint density at radius 3 is 2.65 bits per heavy atom. The Kier molecular flexibility index (Phi) is 3.79. The van der Waals surface area contributed by atoms with Crippen molar-refractivity contribution in [2.75, 3.05) is 19.6 Å². The van der Waals surface area contributed by atoms with Gasteiger partial charge in [0.25, 0.3) is 0 Å². The van der Waals surface area contributed by atoms with Gasteiger partial charge in [-0.15, -0.1) is 0 Å². The lowest BCUT2D eigenvalue weighted by Gasteiger charge is -2.06. The molecule has 0 bridgehead atoms. The molecule has 1 aromatic rings.